The predicted octanol–water partition coefficient (Wildman–Crippen LogP) is 2.51. The Morgan fingerprint density at radius 3 is 2.04 bits per heavy atom. The Labute approximate surface area is 145 Å². The minimum absolute atomic E-state index is 0.0364. The zero-order chi connectivity index (χ0) is 18.0. The highest BCUT2D eigenvalue weighted by Crippen LogP contribution is 2.48. The molecule has 132 valence electrons. The molecule has 6 heteroatoms. The molecule has 1 aliphatic rings. The van der Waals surface area contributed by atoms with E-state index in [9.17, 15) is 15.0 Å². The third-order valence-electron chi connectivity index (χ3n) is 4.51. The van der Waals surface area contributed by atoms with Gasteiger partial charge in [0.2, 0.25) is 0 Å². The molecule has 1 heterocycles. The van der Waals surface area contributed by atoms with Crippen molar-refractivity contribution < 1.29 is 29.2 Å². The van der Waals surface area contributed by atoms with Gasteiger partial charge in [0.05, 0.1) is 14.2 Å². The third-order valence-corrected chi connectivity index (χ3v) is 4.51. The molecule has 2 N–H and O–H groups in total. The van der Waals surface area contributed by atoms with E-state index >= 15 is 0 Å². The molecule has 0 bridgehead atoms. The Morgan fingerprint density at radius 1 is 1.04 bits per heavy atom. The van der Waals surface area contributed by atoms with E-state index in [1.807, 2.05) is 0 Å². The van der Waals surface area contributed by atoms with Gasteiger partial charge in [0.15, 0.2) is 6.10 Å². The number of hydrogen-bond donors (Lipinski definition) is 2. The summed E-state index contributed by atoms with van der Waals surface area (Å²) in [5.74, 6) is 0.231. The van der Waals surface area contributed by atoms with E-state index in [-0.39, 0.29) is 6.42 Å². The van der Waals surface area contributed by atoms with Crippen molar-refractivity contribution in [3.05, 3.63) is 59.7 Å². The first-order valence-corrected chi connectivity index (χ1v) is 7.87. The molecule has 2 aromatic rings. The smallest absolute Gasteiger partial charge is 0.332 e. The number of ether oxygens (including phenoxy) is 3. The molecule has 0 radical (unpaired) electrons. The summed E-state index contributed by atoms with van der Waals surface area (Å²) in [6.45, 7) is 0. The van der Waals surface area contributed by atoms with Gasteiger partial charge in [0.25, 0.3) is 0 Å². The van der Waals surface area contributed by atoms with Gasteiger partial charge in [-0.1, -0.05) is 24.3 Å². The van der Waals surface area contributed by atoms with Crippen LogP contribution in [0.3, 0.4) is 0 Å². The molecule has 2 aromatic carbocycles. The number of aliphatic carboxylic acids is 1. The second-order valence-electron chi connectivity index (χ2n) is 5.97. The SMILES string of the molecule is COc1ccc([C@H]2O[C@@H](C(=O)O)C[C@]2(O)c2ccc(OC)cc2)cc1. The van der Waals surface area contributed by atoms with Crippen LogP contribution in [-0.4, -0.2) is 36.5 Å². The summed E-state index contributed by atoms with van der Waals surface area (Å²) in [6.07, 6.45) is -1.92. The van der Waals surface area contributed by atoms with Crippen molar-refractivity contribution in [2.45, 2.75) is 24.2 Å². The van der Waals surface area contributed by atoms with Gasteiger partial charge in [0.1, 0.15) is 23.2 Å². The Balaban J connectivity index is 2.00. The van der Waals surface area contributed by atoms with E-state index in [0.717, 1.165) is 0 Å². The zero-order valence-corrected chi connectivity index (χ0v) is 14.0. The summed E-state index contributed by atoms with van der Waals surface area (Å²) in [5.41, 5.74) is -0.190. The van der Waals surface area contributed by atoms with Crippen LogP contribution in [-0.2, 0) is 15.1 Å². The van der Waals surface area contributed by atoms with Crippen molar-refractivity contribution >= 4 is 5.97 Å². The number of methoxy groups -OCH3 is 2. The van der Waals surface area contributed by atoms with E-state index in [0.29, 0.717) is 22.6 Å². The molecule has 6 nitrogen and oxygen atoms in total. The largest absolute Gasteiger partial charge is 0.497 e. The lowest BCUT2D eigenvalue weighted by Gasteiger charge is -2.29. The monoisotopic (exact) mass is 344 g/mol. The Morgan fingerprint density at radius 2 is 1.56 bits per heavy atom. The second kappa shape index (κ2) is 6.74. The second-order valence-corrected chi connectivity index (χ2v) is 5.97. The van der Waals surface area contributed by atoms with Gasteiger partial charge in [-0.2, -0.15) is 0 Å². The first kappa shape index (κ1) is 17.3. The lowest BCUT2D eigenvalue weighted by molar-refractivity contribution is -0.150. The summed E-state index contributed by atoms with van der Waals surface area (Å²) in [6, 6.07) is 13.9. The Kier molecular flexibility index (Phi) is 4.65. The standard InChI is InChI=1S/C19H20O6/c1-23-14-7-3-12(4-8-14)17-19(22,11-16(25-17)18(20)21)13-5-9-15(24-2)10-6-13/h3-10,16-17,22H,11H2,1-2H3,(H,20,21)/t16-,17-,19+/m1/s1. The van der Waals surface area contributed by atoms with Crippen molar-refractivity contribution in [1.82, 2.24) is 0 Å². The number of aliphatic hydroxyl groups is 1. The molecule has 3 atom stereocenters. The van der Waals surface area contributed by atoms with Gasteiger partial charge in [-0.15, -0.1) is 0 Å². The minimum atomic E-state index is -1.45. The van der Waals surface area contributed by atoms with Crippen LogP contribution in [0.1, 0.15) is 23.7 Å². The fourth-order valence-corrected chi connectivity index (χ4v) is 3.14. The molecule has 0 saturated carbocycles. The molecule has 1 saturated heterocycles. The fourth-order valence-electron chi connectivity index (χ4n) is 3.14. The lowest BCUT2D eigenvalue weighted by Crippen LogP contribution is -2.30. The van der Waals surface area contributed by atoms with Crippen molar-refractivity contribution in [1.29, 1.82) is 0 Å². The lowest BCUT2D eigenvalue weighted by atomic mass is 9.83. The molecule has 0 amide bonds. The summed E-state index contributed by atoms with van der Waals surface area (Å²) < 4.78 is 16.0. The maximum atomic E-state index is 11.4. The van der Waals surface area contributed by atoms with E-state index in [1.54, 1.807) is 62.8 Å². The molecular weight excluding hydrogens is 324 g/mol. The van der Waals surface area contributed by atoms with Crippen LogP contribution in [0.5, 0.6) is 11.5 Å². The summed E-state index contributed by atoms with van der Waals surface area (Å²) in [5, 5.41) is 20.7. The molecule has 3 rings (SSSR count). The minimum Gasteiger partial charge on any atom is -0.497 e. The van der Waals surface area contributed by atoms with Crippen LogP contribution in [0.25, 0.3) is 0 Å². The topological polar surface area (TPSA) is 85.2 Å². The van der Waals surface area contributed by atoms with Crippen LogP contribution in [0.4, 0.5) is 0 Å². The Bertz CT molecular complexity index is 740. The zero-order valence-electron chi connectivity index (χ0n) is 14.0. The van der Waals surface area contributed by atoms with Crippen LogP contribution >= 0.6 is 0 Å². The van der Waals surface area contributed by atoms with Crippen LogP contribution in [0.2, 0.25) is 0 Å². The highest BCUT2D eigenvalue weighted by Gasteiger charge is 2.51. The third kappa shape index (κ3) is 3.18. The summed E-state index contributed by atoms with van der Waals surface area (Å²) in [7, 11) is 3.12. The average molecular weight is 344 g/mol. The van der Waals surface area contributed by atoms with Crippen molar-refractivity contribution in [3.63, 3.8) is 0 Å². The van der Waals surface area contributed by atoms with Crippen molar-refractivity contribution in [3.8, 4) is 11.5 Å². The van der Waals surface area contributed by atoms with Crippen molar-refractivity contribution in [2.75, 3.05) is 14.2 Å². The summed E-state index contributed by atoms with van der Waals surface area (Å²) in [4.78, 5) is 11.4. The highest BCUT2D eigenvalue weighted by atomic mass is 16.5. The number of carboxylic acids is 1. The maximum absolute atomic E-state index is 11.4. The van der Waals surface area contributed by atoms with Gasteiger partial charge in [-0.3, -0.25) is 0 Å². The van der Waals surface area contributed by atoms with E-state index in [4.69, 9.17) is 14.2 Å². The molecule has 0 aromatic heterocycles. The maximum Gasteiger partial charge on any atom is 0.332 e. The molecule has 0 aliphatic carbocycles. The van der Waals surface area contributed by atoms with Gasteiger partial charge in [0, 0.05) is 6.42 Å². The quantitative estimate of drug-likeness (QED) is 0.867. The number of benzene rings is 2. The number of carboxylic acid groups (broad SMARTS) is 1. The molecule has 1 aliphatic heterocycles. The van der Waals surface area contributed by atoms with E-state index in [2.05, 4.69) is 0 Å². The summed E-state index contributed by atoms with van der Waals surface area (Å²) >= 11 is 0. The van der Waals surface area contributed by atoms with Crippen LogP contribution in [0, 0.1) is 0 Å². The van der Waals surface area contributed by atoms with Crippen LogP contribution in [0.15, 0.2) is 48.5 Å². The Hall–Kier alpha value is -2.57. The highest BCUT2D eigenvalue weighted by molar-refractivity contribution is 5.73. The van der Waals surface area contributed by atoms with Gasteiger partial charge in [-0.25, -0.2) is 4.79 Å². The number of rotatable bonds is 5. The van der Waals surface area contributed by atoms with Gasteiger partial charge >= 0.3 is 5.97 Å². The number of carbonyl (C=O) groups is 1. The average Bonchev–Trinajstić information content (AvgIpc) is 3.01. The normalized spacial score (nSPS) is 25.6. The molecule has 0 unspecified atom stereocenters. The van der Waals surface area contributed by atoms with Gasteiger partial charge in [-0.05, 0) is 35.4 Å². The first-order chi connectivity index (χ1) is 12.0. The predicted molar refractivity (Wildman–Crippen MR) is 89.8 cm³/mol. The first-order valence-electron chi connectivity index (χ1n) is 7.87. The van der Waals surface area contributed by atoms with Crippen LogP contribution < -0.4 is 9.47 Å². The molecule has 25 heavy (non-hydrogen) atoms. The fraction of sp³-hybridized carbons (Fsp3) is 0.316. The van der Waals surface area contributed by atoms with E-state index in [1.165, 1.54) is 0 Å². The van der Waals surface area contributed by atoms with E-state index < -0.39 is 23.8 Å². The van der Waals surface area contributed by atoms with Crippen molar-refractivity contribution in [2.24, 2.45) is 0 Å². The molecule has 0 spiro atoms. The molecular formula is C19H20O6. The van der Waals surface area contributed by atoms with Gasteiger partial charge < -0.3 is 24.4 Å². The molecule has 1 fully saturated rings. The number of hydrogen-bond acceptors (Lipinski definition) is 5.